The van der Waals surface area contributed by atoms with Gasteiger partial charge in [0.1, 0.15) is 0 Å². The third-order valence-electron chi connectivity index (χ3n) is 3.56. The largest absolute Gasteiger partial charge is 0.369 e. The number of rotatable bonds is 4. The van der Waals surface area contributed by atoms with Gasteiger partial charge in [-0.05, 0) is 59.7 Å². The highest BCUT2D eigenvalue weighted by atomic mass is 127. The first-order valence-electron chi connectivity index (χ1n) is 6.73. The number of likely N-dealkylation sites (tertiary alicyclic amines) is 1. The summed E-state index contributed by atoms with van der Waals surface area (Å²) < 4.78 is 1.13. The zero-order valence-electron chi connectivity index (χ0n) is 11.2. The van der Waals surface area contributed by atoms with Crippen molar-refractivity contribution in [1.29, 1.82) is 0 Å². The van der Waals surface area contributed by atoms with Gasteiger partial charge in [-0.2, -0.15) is 0 Å². The Bertz CT molecular complexity index is 490. The second-order valence-corrected chi connectivity index (χ2v) is 6.42. The third-order valence-corrected chi connectivity index (χ3v) is 4.28. The fraction of sp³-hybridized carbons (Fsp3) is 0.429. The lowest BCUT2D eigenvalue weighted by molar-refractivity contribution is -0.899. The van der Waals surface area contributed by atoms with Gasteiger partial charge >= 0.3 is 0 Å². The number of benzene rings is 1. The van der Waals surface area contributed by atoms with Crippen molar-refractivity contribution in [2.45, 2.75) is 12.8 Å². The van der Waals surface area contributed by atoms with Crippen molar-refractivity contribution in [2.24, 2.45) is 11.7 Å². The highest BCUT2D eigenvalue weighted by Gasteiger charge is 2.28. The van der Waals surface area contributed by atoms with E-state index in [0.717, 1.165) is 33.5 Å². The summed E-state index contributed by atoms with van der Waals surface area (Å²) in [7, 11) is 0. The molecule has 0 aromatic heterocycles. The smallest absolute Gasteiger partial charge is 0.279 e. The number of primary amides is 1. The standard InChI is InChI=1S/C14H18IN3O2/c15-11-3-5-12(6-4-11)17-13(19)9-18-7-1-2-10(8-18)14(16)20/h3-6,10H,1-2,7-9H2,(H2,16,20)(H,17,19)/p+1/t10-/m0/s1. The van der Waals surface area contributed by atoms with Crippen LogP contribution in [0.3, 0.4) is 0 Å². The topological polar surface area (TPSA) is 76.6 Å². The van der Waals surface area contributed by atoms with Crippen molar-refractivity contribution in [3.05, 3.63) is 27.8 Å². The SMILES string of the molecule is NC(=O)[C@H]1CCC[NH+](CC(=O)Nc2ccc(I)cc2)C1. The molecular formula is C14H19IN3O2+. The van der Waals surface area contributed by atoms with Crippen molar-refractivity contribution in [1.82, 2.24) is 0 Å². The zero-order chi connectivity index (χ0) is 14.5. The fourth-order valence-corrected chi connectivity index (χ4v) is 2.88. The van der Waals surface area contributed by atoms with Gasteiger partial charge in [0, 0.05) is 9.26 Å². The molecule has 108 valence electrons. The molecule has 2 amide bonds. The maximum Gasteiger partial charge on any atom is 0.279 e. The van der Waals surface area contributed by atoms with Crippen LogP contribution in [0, 0.1) is 9.49 Å². The number of amides is 2. The number of carbonyl (C=O) groups is 2. The number of carbonyl (C=O) groups excluding carboxylic acids is 2. The number of piperidine rings is 1. The van der Waals surface area contributed by atoms with Crippen LogP contribution in [0.1, 0.15) is 12.8 Å². The van der Waals surface area contributed by atoms with E-state index in [1.54, 1.807) is 0 Å². The van der Waals surface area contributed by atoms with Gasteiger partial charge in [-0.15, -0.1) is 0 Å². The first-order valence-corrected chi connectivity index (χ1v) is 7.81. The number of halogens is 1. The van der Waals surface area contributed by atoms with E-state index in [2.05, 4.69) is 27.9 Å². The molecule has 6 heteroatoms. The molecule has 1 aliphatic heterocycles. The molecule has 0 radical (unpaired) electrons. The lowest BCUT2D eigenvalue weighted by Gasteiger charge is -2.27. The molecule has 1 aliphatic rings. The van der Waals surface area contributed by atoms with E-state index in [4.69, 9.17) is 5.73 Å². The Balaban J connectivity index is 1.85. The summed E-state index contributed by atoms with van der Waals surface area (Å²) in [6.45, 7) is 1.97. The maximum atomic E-state index is 12.0. The number of quaternary nitrogens is 1. The van der Waals surface area contributed by atoms with Crippen LogP contribution in [0.5, 0.6) is 0 Å². The molecule has 1 aromatic carbocycles. The van der Waals surface area contributed by atoms with Gasteiger partial charge in [-0.1, -0.05) is 0 Å². The summed E-state index contributed by atoms with van der Waals surface area (Å²) in [4.78, 5) is 24.3. The van der Waals surface area contributed by atoms with Crippen molar-refractivity contribution in [3.8, 4) is 0 Å². The molecule has 4 N–H and O–H groups in total. The molecule has 0 bridgehead atoms. The summed E-state index contributed by atoms with van der Waals surface area (Å²) in [5, 5.41) is 2.88. The normalized spacial score (nSPS) is 22.2. The van der Waals surface area contributed by atoms with E-state index in [9.17, 15) is 9.59 Å². The number of hydrogen-bond acceptors (Lipinski definition) is 2. The van der Waals surface area contributed by atoms with E-state index in [0.29, 0.717) is 13.1 Å². The van der Waals surface area contributed by atoms with Gasteiger partial charge in [0.2, 0.25) is 5.91 Å². The predicted octanol–water partition coefficient (Wildman–Crippen LogP) is 0.00990. The van der Waals surface area contributed by atoms with Crippen LogP contribution in [0.4, 0.5) is 5.69 Å². The van der Waals surface area contributed by atoms with Gasteiger partial charge in [0.05, 0.1) is 19.0 Å². The van der Waals surface area contributed by atoms with Crippen LogP contribution in [0.25, 0.3) is 0 Å². The van der Waals surface area contributed by atoms with E-state index >= 15 is 0 Å². The average Bonchev–Trinajstić information content (AvgIpc) is 2.41. The molecule has 1 heterocycles. The van der Waals surface area contributed by atoms with Gasteiger partial charge in [-0.3, -0.25) is 9.59 Å². The molecule has 1 saturated heterocycles. The maximum absolute atomic E-state index is 12.0. The number of anilines is 1. The van der Waals surface area contributed by atoms with Gasteiger partial charge in [-0.25, -0.2) is 0 Å². The van der Waals surface area contributed by atoms with Crippen LogP contribution < -0.4 is 16.0 Å². The Kier molecular flexibility index (Phi) is 5.36. The molecule has 20 heavy (non-hydrogen) atoms. The number of nitrogens with one attached hydrogen (secondary N) is 2. The van der Waals surface area contributed by atoms with E-state index in [1.165, 1.54) is 0 Å². The summed E-state index contributed by atoms with van der Waals surface area (Å²) in [6.07, 6.45) is 1.79. The Morgan fingerprint density at radius 2 is 2.05 bits per heavy atom. The van der Waals surface area contributed by atoms with Crippen molar-refractivity contribution < 1.29 is 14.5 Å². The number of nitrogens with two attached hydrogens (primary N) is 1. The van der Waals surface area contributed by atoms with Gasteiger partial charge < -0.3 is 16.0 Å². The molecule has 1 fully saturated rings. The second kappa shape index (κ2) is 7.03. The molecule has 0 spiro atoms. The summed E-state index contributed by atoms with van der Waals surface area (Å²) in [6, 6.07) is 7.68. The van der Waals surface area contributed by atoms with Crippen molar-refractivity contribution in [2.75, 3.05) is 25.0 Å². The Hall–Kier alpha value is -1.15. The van der Waals surface area contributed by atoms with Crippen LogP contribution in [0.15, 0.2) is 24.3 Å². The molecule has 0 saturated carbocycles. The minimum atomic E-state index is -0.250. The fourth-order valence-electron chi connectivity index (χ4n) is 2.52. The quantitative estimate of drug-likeness (QED) is 0.636. The zero-order valence-corrected chi connectivity index (χ0v) is 13.4. The highest BCUT2D eigenvalue weighted by Crippen LogP contribution is 2.10. The summed E-state index contributed by atoms with van der Waals surface area (Å²) >= 11 is 2.22. The van der Waals surface area contributed by atoms with Gasteiger partial charge in [0.25, 0.3) is 5.91 Å². The molecular weight excluding hydrogens is 369 g/mol. The molecule has 1 aromatic rings. The first-order chi connectivity index (χ1) is 9.54. The minimum Gasteiger partial charge on any atom is -0.369 e. The molecule has 2 atom stereocenters. The Morgan fingerprint density at radius 3 is 2.70 bits per heavy atom. The molecule has 2 rings (SSSR count). The minimum absolute atomic E-state index is 0.0219. The van der Waals surface area contributed by atoms with Crippen molar-refractivity contribution in [3.63, 3.8) is 0 Å². The van der Waals surface area contributed by atoms with Crippen molar-refractivity contribution >= 4 is 40.1 Å². The summed E-state index contributed by atoms with van der Waals surface area (Å²) in [5.41, 5.74) is 6.15. The lowest BCUT2D eigenvalue weighted by atomic mass is 9.97. The van der Waals surface area contributed by atoms with E-state index in [1.807, 2.05) is 24.3 Å². The molecule has 1 unspecified atom stereocenters. The second-order valence-electron chi connectivity index (χ2n) is 5.18. The van der Waals surface area contributed by atoms with E-state index < -0.39 is 0 Å². The van der Waals surface area contributed by atoms with E-state index in [-0.39, 0.29) is 17.7 Å². The summed E-state index contributed by atoms with van der Waals surface area (Å²) in [5.74, 6) is -0.364. The monoisotopic (exact) mass is 388 g/mol. The van der Waals surface area contributed by atoms with Gasteiger partial charge in [0.15, 0.2) is 6.54 Å². The van der Waals surface area contributed by atoms with Crippen LogP contribution in [-0.2, 0) is 9.59 Å². The predicted molar refractivity (Wildman–Crippen MR) is 85.3 cm³/mol. The lowest BCUT2D eigenvalue weighted by Crippen LogP contribution is -3.14. The molecule has 0 aliphatic carbocycles. The van der Waals surface area contributed by atoms with Crippen LogP contribution >= 0.6 is 22.6 Å². The third kappa shape index (κ3) is 4.45. The Morgan fingerprint density at radius 1 is 1.35 bits per heavy atom. The average molecular weight is 388 g/mol. The highest BCUT2D eigenvalue weighted by molar-refractivity contribution is 14.1. The Labute approximate surface area is 132 Å². The van der Waals surface area contributed by atoms with Crippen LogP contribution in [0.2, 0.25) is 0 Å². The molecule has 5 nitrogen and oxygen atoms in total. The first kappa shape index (κ1) is 15.2. The van der Waals surface area contributed by atoms with Crippen LogP contribution in [-0.4, -0.2) is 31.4 Å². The number of hydrogen-bond donors (Lipinski definition) is 3.